The summed E-state index contributed by atoms with van der Waals surface area (Å²) >= 11 is 0. The lowest BCUT2D eigenvalue weighted by Crippen LogP contribution is -2.55. The average molecular weight is 351 g/mol. The summed E-state index contributed by atoms with van der Waals surface area (Å²) in [5.41, 5.74) is 0. The first-order valence-electron chi connectivity index (χ1n) is 10.5. The van der Waals surface area contributed by atoms with E-state index in [0.717, 1.165) is 32.1 Å². The summed E-state index contributed by atoms with van der Waals surface area (Å²) in [6, 6.07) is 0.675. The Hall–Kier alpha value is -0.650. The number of likely N-dealkylation sites (tertiary alicyclic amines) is 2. The molecule has 0 aliphatic carbocycles. The van der Waals surface area contributed by atoms with Crippen molar-refractivity contribution < 1.29 is 4.79 Å². The molecule has 0 spiro atoms. The van der Waals surface area contributed by atoms with Gasteiger partial charge in [-0.15, -0.1) is 0 Å². The first-order chi connectivity index (χ1) is 12.0. The van der Waals surface area contributed by atoms with Crippen LogP contribution in [0.25, 0.3) is 0 Å². The highest BCUT2D eigenvalue weighted by Crippen LogP contribution is 2.22. The number of piperidine rings is 1. The number of carbonyl (C=O) groups excluding carboxylic acids is 1. The van der Waals surface area contributed by atoms with Gasteiger partial charge in [-0.3, -0.25) is 14.6 Å². The molecule has 0 radical (unpaired) electrons. The van der Waals surface area contributed by atoms with E-state index in [0.29, 0.717) is 11.9 Å². The number of hydrogen-bond donors (Lipinski definition) is 0. The molecule has 2 atom stereocenters. The Morgan fingerprint density at radius 1 is 0.920 bits per heavy atom. The summed E-state index contributed by atoms with van der Waals surface area (Å²) in [4.78, 5) is 22.7. The van der Waals surface area contributed by atoms with E-state index < -0.39 is 0 Å². The van der Waals surface area contributed by atoms with E-state index in [1.165, 1.54) is 58.3 Å². The van der Waals surface area contributed by atoms with Crippen molar-refractivity contribution in [1.82, 2.24) is 19.6 Å². The maximum Gasteiger partial charge on any atom is 0.239 e. The van der Waals surface area contributed by atoms with Gasteiger partial charge in [0.2, 0.25) is 5.91 Å². The summed E-state index contributed by atoms with van der Waals surface area (Å²) in [5.74, 6) is 1.14. The third-order valence-electron chi connectivity index (χ3n) is 6.73. The highest BCUT2D eigenvalue weighted by Gasteiger charge is 2.32. The highest BCUT2D eigenvalue weighted by atomic mass is 16.2. The zero-order valence-electron chi connectivity index (χ0n) is 16.6. The smallest absolute Gasteiger partial charge is 0.239 e. The molecule has 3 saturated heterocycles. The molecule has 1 amide bonds. The van der Waals surface area contributed by atoms with Gasteiger partial charge in [0.25, 0.3) is 0 Å². The molecule has 3 fully saturated rings. The van der Waals surface area contributed by atoms with Crippen LogP contribution in [0.5, 0.6) is 0 Å². The van der Waals surface area contributed by atoms with Crippen molar-refractivity contribution in [3.63, 3.8) is 0 Å². The summed E-state index contributed by atoms with van der Waals surface area (Å²) < 4.78 is 0. The topological polar surface area (TPSA) is 30.0 Å². The number of rotatable bonds is 3. The SMILES string of the molecule is CC1CCN(C(=O)[C@@H](C)N2CCCC[C@@H](N3CCN(C)CC3)C2)CC1. The van der Waals surface area contributed by atoms with Crippen molar-refractivity contribution in [3.05, 3.63) is 0 Å². The molecule has 0 aromatic rings. The second-order valence-electron chi connectivity index (χ2n) is 8.67. The van der Waals surface area contributed by atoms with Crippen molar-refractivity contribution in [2.45, 2.75) is 58.0 Å². The Labute approximate surface area is 154 Å². The van der Waals surface area contributed by atoms with Crippen molar-refractivity contribution in [2.24, 2.45) is 5.92 Å². The number of carbonyl (C=O) groups is 1. The van der Waals surface area contributed by atoms with Gasteiger partial charge in [0.05, 0.1) is 6.04 Å². The minimum atomic E-state index is 0.0430. The van der Waals surface area contributed by atoms with Gasteiger partial charge in [0.1, 0.15) is 0 Å². The molecular formula is C20H38N4O. The van der Waals surface area contributed by atoms with Gasteiger partial charge in [-0.25, -0.2) is 0 Å². The van der Waals surface area contributed by atoms with Crippen molar-refractivity contribution in [3.8, 4) is 0 Å². The van der Waals surface area contributed by atoms with E-state index in [-0.39, 0.29) is 6.04 Å². The number of hydrogen-bond acceptors (Lipinski definition) is 4. The van der Waals surface area contributed by atoms with E-state index in [9.17, 15) is 4.79 Å². The number of piperazine rings is 1. The quantitative estimate of drug-likeness (QED) is 0.776. The van der Waals surface area contributed by atoms with Gasteiger partial charge in [-0.2, -0.15) is 0 Å². The van der Waals surface area contributed by atoms with Crippen LogP contribution in [-0.2, 0) is 4.79 Å². The first kappa shape index (κ1) is 19.1. The second kappa shape index (κ2) is 8.83. The lowest BCUT2D eigenvalue weighted by Gasteiger charge is -2.41. The first-order valence-corrected chi connectivity index (χ1v) is 10.5. The van der Waals surface area contributed by atoms with Crippen LogP contribution in [0.2, 0.25) is 0 Å². The molecule has 3 aliphatic rings. The van der Waals surface area contributed by atoms with Gasteiger partial charge < -0.3 is 9.80 Å². The van der Waals surface area contributed by atoms with Crippen LogP contribution in [0.15, 0.2) is 0 Å². The van der Waals surface area contributed by atoms with Crippen LogP contribution >= 0.6 is 0 Å². The number of likely N-dealkylation sites (N-methyl/N-ethyl adjacent to an activating group) is 1. The zero-order chi connectivity index (χ0) is 17.8. The van der Waals surface area contributed by atoms with E-state index >= 15 is 0 Å². The maximum atomic E-state index is 13.0. The fraction of sp³-hybridized carbons (Fsp3) is 0.950. The van der Waals surface area contributed by atoms with Crippen LogP contribution in [0.4, 0.5) is 0 Å². The van der Waals surface area contributed by atoms with E-state index in [1.807, 2.05) is 0 Å². The normalized spacial score (nSPS) is 30.2. The molecule has 3 rings (SSSR count). The Morgan fingerprint density at radius 3 is 2.28 bits per heavy atom. The molecule has 3 heterocycles. The standard InChI is InChI=1S/C20H38N4O/c1-17-7-10-23(11-8-17)20(25)18(2)24-9-5-4-6-19(16-24)22-14-12-21(3)13-15-22/h17-19H,4-16H2,1-3H3/t18-,19-/m1/s1. The fourth-order valence-electron chi connectivity index (χ4n) is 4.63. The summed E-state index contributed by atoms with van der Waals surface area (Å²) in [7, 11) is 2.22. The fourth-order valence-corrected chi connectivity index (χ4v) is 4.63. The molecule has 25 heavy (non-hydrogen) atoms. The summed E-state index contributed by atoms with van der Waals surface area (Å²) in [6.07, 6.45) is 6.17. The van der Waals surface area contributed by atoms with Gasteiger partial charge >= 0.3 is 0 Å². The van der Waals surface area contributed by atoms with Crippen LogP contribution in [0.3, 0.4) is 0 Å². The van der Waals surface area contributed by atoms with Gasteiger partial charge in [-0.1, -0.05) is 13.3 Å². The predicted molar refractivity (Wildman–Crippen MR) is 103 cm³/mol. The van der Waals surface area contributed by atoms with Gasteiger partial charge in [0, 0.05) is 51.9 Å². The second-order valence-corrected chi connectivity index (χ2v) is 8.67. The molecule has 0 saturated carbocycles. The van der Waals surface area contributed by atoms with Gasteiger partial charge in [-0.05, 0) is 52.1 Å². The monoisotopic (exact) mass is 350 g/mol. The molecule has 0 unspecified atom stereocenters. The van der Waals surface area contributed by atoms with Gasteiger partial charge in [0.15, 0.2) is 0 Å². The minimum absolute atomic E-state index is 0.0430. The lowest BCUT2D eigenvalue weighted by atomic mass is 9.98. The molecule has 0 bridgehead atoms. The zero-order valence-corrected chi connectivity index (χ0v) is 16.6. The molecule has 5 heteroatoms. The van der Waals surface area contributed by atoms with E-state index in [1.54, 1.807) is 0 Å². The number of nitrogens with zero attached hydrogens (tertiary/aromatic N) is 4. The summed E-state index contributed by atoms with van der Waals surface area (Å²) in [5, 5.41) is 0. The minimum Gasteiger partial charge on any atom is -0.341 e. The largest absolute Gasteiger partial charge is 0.341 e. The van der Waals surface area contributed by atoms with Crippen molar-refractivity contribution in [2.75, 3.05) is 59.4 Å². The van der Waals surface area contributed by atoms with Crippen LogP contribution in [0, 0.1) is 5.92 Å². The Balaban J connectivity index is 1.57. The Kier molecular flexibility index (Phi) is 6.75. The van der Waals surface area contributed by atoms with Crippen molar-refractivity contribution >= 4 is 5.91 Å². The van der Waals surface area contributed by atoms with E-state index in [4.69, 9.17) is 0 Å². The van der Waals surface area contributed by atoms with Crippen molar-refractivity contribution in [1.29, 1.82) is 0 Å². The average Bonchev–Trinajstić information content (AvgIpc) is 2.88. The van der Waals surface area contributed by atoms with Crippen LogP contribution < -0.4 is 0 Å². The molecular weight excluding hydrogens is 312 g/mol. The predicted octanol–water partition coefficient (Wildman–Crippen LogP) is 1.74. The third-order valence-corrected chi connectivity index (χ3v) is 6.73. The molecule has 144 valence electrons. The molecule has 0 aromatic heterocycles. The lowest BCUT2D eigenvalue weighted by molar-refractivity contribution is -0.138. The van der Waals surface area contributed by atoms with Crippen LogP contribution in [-0.4, -0.2) is 97.0 Å². The molecule has 5 nitrogen and oxygen atoms in total. The highest BCUT2D eigenvalue weighted by molar-refractivity contribution is 5.81. The third kappa shape index (κ3) is 4.95. The maximum absolute atomic E-state index is 13.0. The van der Waals surface area contributed by atoms with Crippen LogP contribution in [0.1, 0.15) is 46.0 Å². The molecule has 0 N–H and O–H groups in total. The summed E-state index contributed by atoms with van der Waals surface area (Å²) in [6.45, 7) is 13.2. The molecule has 3 aliphatic heterocycles. The Morgan fingerprint density at radius 2 is 1.60 bits per heavy atom. The number of amides is 1. The Bertz CT molecular complexity index is 427. The molecule has 0 aromatic carbocycles. The van der Waals surface area contributed by atoms with E-state index in [2.05, 4.69) is 40.5 Å².